The smallest absolute Gasteiger partial charge is 0.238 e. The van der Waals surface area contributed by atoms with Gasteiger partial charge in [-0.3, -0.25) is 4.79 Å². The number of nitrogens with two attached hydrogens (primary N) is 1. The molecule has 0 heterocycles. The average Bonchev–Trinajstić information content (AvgIpc) is 2.31. The van der Waals surface area contributed by atoms with E-state index in [0.29, 0.717) is 19.5 Å². The highest BCUT2D eigenvalue weighted by atomic mass is 32.2. The summed E-state index contributed by atoms with van der Waals surface area (Å²) in [4.78, 5) is 11.6. The lowest BCUT2D eigenvalue weighted by molar-refractivity contribution is -0.120. The van der Waals surface area contributed by atoms with Gasteiger partial charge in [0.1, 0.15) is 5.25 Å². The fourth-order valence-corrected chi connectivity index (χ4v) is 2.69. The molecular formula is C11H24N2O3S. The van der Waals surface area contributed by atoms with Crippen molar-refractivity contribution in [3.8, 4) is 0 Å². The van der Waals surface area contributed by atoms with Crippen molar-refractivity contribution in [1.29, 1.82) is 0 Å². The Labute approximate surface area is 104 Å². The van der Waals surface area contributed by atoms with E-state index in [2.05, 4.69) is 12.2 Å². The SMILES string of the molecule is CCCCCNC(=O)C(C)S(=O)(=O)CCCN. The highest BCUT2D eigenvalue weighted by Crippen LogP contribution is 2.04. The van der Waals surface area contributed by atoms with Crippen molar-refractivity contribution in [3.05, 3.63) is 0 Å². The van der Waals surface area contributed by atoms with Crippen molar-refractivity contribution in [1.82, 2.24) is 5.32 Å². The van der Waals surface area contributed by atoms with Crippen LogP contribution in [0.5, 0.6) is 0 Å². The zero-order chi connectivity index (χ0) is 13.3. The van der Waals surface area contributed by atoms with Gasteiger partial charge in [0.05, 0.1) is 5.75 Å². The largest absolute Gasteiger partial charge is 0.355 e. The summed E-state index contributed by atoms with van der Waals surface area (Å²) in [6.45, 7) is 4.37. The van der Waals surface area contributed by atoms with Gasteiger partial charge in [0, 0.05) is 6.54 Å². The normalized spacial score (nSPS) is 13.4. The molecule has 0 aromatic carbocycles. The fourth-order valence-electron chi connectivity index (χ4n) is 1.35. The van der Waals surface area contributed by atoms with Crippen LogP contribution in [-0.2, 0) is 14.6 Å². The molecule has 1 unspecified atom stereocenters. The predicted octanol–water partition coefficient (Wildman–Crippen LogP) is 0.445. The van der Waals surface area contributed by atoms with E-state index in [4.69, 9.17) is 5.73 Å². The minimum absolute atomic E-state index is 0.0208. The first-order valence-corrected chi connectivity index (χ1v) is 7.86. The number of hydrogen-bond donors (Lipinski definition) is 2. The van der Waals surface area contributed by atoms with Crippen LogP contribution in [0.15, 0.2) is 0 Å². The number of carbonyl (C=O) groups excluding carboxylic acids is 1. The Morgan fingerprint density at radius 2 is 1.94 bits per heavy atom. The Bertz CT molecular complexity index is 315. The first-order chi connectivity index (χ1) is 7.95. The standard InChI is InChI=1S/C11H24N2O3S/c1-3-4-5-8-13-11(14)10(2)17(15,16)9-6-7-12/h10H,3-9,12H2,1-2H3,(H,13,14). The third kappa shape index (κ3) is 6.63. The van der Waals surface area contributed by atoms with Crippen molar-refractivity contribution in [2.75, 3.05) is 18.8 Å². The van der Waals surface area contributed by atoms with E-state index in [1.54, 1.807) is 0 Å². The quantitative estimate of drug-likeness (QED) is 0.592. The molecule has 0 aromatic heterocycles. The van der Waals surface area contributed by atoms with Gasteiger partial charge >= 0.3 is 0 Å². The molecule has 1 amide bonds. The maximum absolute atomic E-state index is 11.7. The molecule has 0 aliphatic carbocycles. The van der Waals surface area contributed by atoms with Gasteiger partial charge in [0.2, 0.25) is 5.91 Å². The third-order valence-electron chi connectivity index (χ3n) is 2.62. The highest BCUT2D eigenvalue weighted by molar-refractivity contribution is 7.92. The number of sulfone groups is 1. The second-order valence-electron chi connectivity index (χ2n) is 4.15. The molecule has 5 nitrogen and oxygen atoms in total. The van der Waals surface area contributed by atoms with E-state index in [1.165, 1.54) is 6.92 Å². The summed E-state index contributed by atoms with van der Waals surface area (Å²) in [6, 6.07) is 0. The third-order valence-corrected chi connectivity index (χ3v) is 4.77. The number of rotatable bonds is 9. The van der Waals surface area contributed by atoms with Crippen LogP contribution in [0.2, 0.25) is 0 Å². The Kier molecular flexibility index (Phi) is 8.16. The van der Waals surface area contributed by atoms with Gasteiger partial charge in [-0.05, 0) is 26.3 Å². The molecule has 0 fully saturated rings. The fraction of sp³-hybridized carbons (Fsp3) is 0.909. The lowest BCUT2D eigenvalue weighted by Crippen LogP contribution is -2.39. The van der Waals surface area contributed by atoms with Crippen LogP contribution in [0, 0.1) is 0 Å². The van der Waals surface area contributed by atoms with Crippen LogP contribution in [0.4, 0.5) is 0 Å². The Balaban J connectivity index is 4.11. The van der Waals surface area contributed by atoms with E-state index in [1.807, 2.05) is 0 Å². The second-order valence-corrected chi connectivity index (χ2v) is 6.59. The summed E-state index contributed by atoms with van der Waals surface area (Å²) >= 11 is 0. The van der Waals surface area contributed by atoms with E-state index >= 15 is 0 Å². The number of nitrogens with one attached hydrogen (secondary N) is 1. The average molecular weight is 264 g/mol. The molecule has 0 spiro atoms. The van der Waals surface area contributed by atoms with Crippen LogP contribution in [0.3, 0.4) is 0 Å². The number of hydrogen-bond acceptors (Lipinski definition) is 4. The Morgan fingerprint density at radius 3 is 2.47 bits per heavy atom. The summed E-state index contributed by atoms with van der Waals surface area (Å²) in [6.07, 6.45) is 3.39. The van der Waals surface area contributed by atoms with Gasteiger partial charge in [-0.1, -0.05) is 19.8 Å². The zero-order valence-corrected chi connectivity index (χ0v) is 11.6. The molecule has 0 radical (unpaired) electrons. The van der Waals surface area contributed by atoms with Crippen LogP contribution in [0.25, 0.3) is 0 Å². The molecule has 6 heteroatoms. The molecule has 0 bridgehead atoms. The van der Waals surface area contributed by atoms with Crippen molar-refractivity contribution < 1.29 is 13.2 Å². The maximum atomic E-state index is 11.7. The van der Waals surface area contributed by atoms with Crippen LogP contribution in [-0.4, -0.2) is 38.4 Å². The molecular weight excluding hydrogens is 240 g/mol. The summed E-state index contributed by atoms with van der Waals surface area (Å²) < 4.78 is 23.4. The molecule has 0 aliphatic rings. The van der Waals surface area contributed by atoms with Gasteiger partial charge in [0.25, 0.3) is 0 Å². The maximum Gasteiger partial charge on any atom is 0.238 e. The predicted molar refractivity (Wildman–Crippen MR) is 69.5 cm³/mol. The second kappa shape index (κ2) is 8.47. The molecule has 0 aliphatic heterocycles. The van der Waals surface area contributed by atoms with Crippen LogP contribution in [0.1, 0.15) is 39.5 Å². The van der Waals surface area contributed by atoms with Crippen molar-refractivity contribution in [2.24, 2.45) is 5.73 Å². The van der Waals surface area contributed by atoms with Crippen LogP contribution < -0.4 is 11.1 Å². The van der Waals surface area contributed by atoms with Crippen molar-refractivity contribution in [3.63, 3.8) is 0 Å². The lowest BCUT2D eigenvalue weighted by Gasteiger charge is -2.12. The molecule has 0 rings (SSSR count). The molecule has 0 saturated carbocycles. The topological polar surface area (TPSA) is 89.3 Å². The van der Waals surface area contributed by atoms with Gasteiger partial charge in [0.15, 0.2) is 9.84 Å². The zero-order valence-electron chi connectivity index (χ0n) is 10.7. The first-order valence-electron chi connectivity index (χ1n) is 6.15. The van der Waals surface area contributed by atoms with E-state index in [0.717, 1.165) is 19.3 Å². The molecule has 0 saturated heterocycles. The minimum atomic E-state index is -3.36. The van der Waals surface area contributed by atoms with E-state index < -0.39 is 21.0 Å². The number of unbranched alkanes of at least 4 members (excludes halogenated alkanes) is 2. The summed E-state index contributed by atoms with van der Waals surface area (Å²) in [5.74, 6) is -0.425. The van der Waals surface area contributed by atoms with Crippen molar-refractivity contribution in [2.45, 2.75) is 44.8 Å². The molecule has 1 atom stereocenters. The summed E-state index contributed by atoms with van der Waals surface area (Å²) in [7, 11) is -3.36. The lowest BCUT2D eigenvalue weighted by atomic mass is 10.2. The van der Waals surface area contributed by atoms with Gasteiger partial charge in [-0.25, -0.2) is 8.42 Å². The molecule has 3 N–H and O–H groups in total. The summed E-state index contributed by atoms with van der Waals surface area (Å²) in [5.41, 5.74) is 5.26. The Morgan fingerprint density at radius 1 is 1.29 bits per heavy atom. The highest BCUT2D eigenvalue weighted by Gasteiger charge is 2.26. The van der Waals surface area contributed by atoms with Gasteiger partial charge in [-0.15, -0.1) is 0 Å². The van der Waals surface area contributed by atoms with Gasteiger partial charge < -0.3 is 11.1 Å². The van der Waals surface area contributed by atoms with Crippen molar-refractivity contribution >= 4 is 15.7 Å². The summed E-state index contributed by atoms with van der Waals surface area (Å²) in [5, 5.41) is 1.67. The number of carbonyl (C=O) groups is 1. The molecule has 102 valence electrons. The Hall–Kier alpha value is -0.620. The first kappa shape index (κ1) is 16.4. The molecule has 17 heavy (non-hydrogen) atoms. The minimum Gasteiger partial charge on any atom is -0.355 e. The number of amides is 1. The van der Waals surface area contributed by atoms with Gasteiger partial charge in [-0.2, -0.15) is 0 Å². The molecule has 0 aromatic rings. The monoisotopic (exact) mass is 264 g/mol. The van der Waals surface area contributed by atoms with E-state index in [-0.39, 0.29) is 5.75 Å². The van der Waals surface area contributed by atoms with Crippen LogP contribution >= 0.6 is 0 Å². The van der Waals surface area contributed by atoms with E-state index in [9.17, 15) is 13.2 Å².